The number of rotatable bonds is 6. The van der Waals surface area contributed by atoms with Gasteiger partial charge in [0.05, 0.1) is 13.0 Å². The number of amides is 1. The summed E-state index contributed by atoms with van der Waals surface area (Å²) >= 11 is 0. The van der Waals surface area contributed by atoms with Gasteiger partial charge in [0, 0.05) is 32.7 Å². The highest BCUT2D eigenvalue weighted by Gasteiger charge is 2.19. The summed E-state index contributed by atoms with van der Waals surface area (Å²) in [6, 6.07) is 14.4. The summed E-state index contributed by atoms with van der Waals surface area (Å²) < 4.78 is 18.5. The number of ether oxygens (including phenoxy) is 1. The van der Waals surface area contributed by atoms with Crippen LogP contribution in [-0.4, -0.2) is 48.5 Å². The third kappa shape index (κ3) is 5.79. The van der Waals surface area contributed by atoms with Crippen molar-refractivity contribution in [3.8, 4) is 5.75 Å². The topological polar surface area (TPSA) is 32.8 Å². The Morgan fingerprint density at radius 3 is 2.37 bits per heavy atom. The van der Waals surface area contributed by atoms with Gasteiger partial charge in [0.25, 0.3) is 0 Å². The molecule has 27 heavy (non-hydrogen) atoms. The molecule has 1 aliphatic heterocycles. The van der Waals surface area contributed by atoms with Crippen LogP contribution < -0.4 is 4.74 Å². The Hall–Kier alpha value is -2.40. The molecule has 1 aliphatic rings. The van der Waals surface area contributed by atoms with E-state index in [4.69, 9.17) is 4.74 Å². The normalized spacial score (nSPS) is 15.4. The summed E-state index contributed by atoms with van der Waals surface area (Å²) in [4.78, 5) is 17.0. The van der Waals surface area contributed by atoms with E-state index in [0.717, 1.165) is 56.0 Å². The first-order valence-corrected chi connectivity index (χ1v) is 9.60. The Bertz CT molecular complexity index is 731. The van der Waals surface area contributed by atoms with Crippen LogP contribution in [0, 0.1) is 5.82 Å². The molecule has 0 N–H and O–H groups in total. The maximum absolute atomic E-state index is 13.0. The van der Waals surface area contributed by atoms with Crippen molar-refractivity contribution in [1.82, 2.24) is 9.80 Å². The number of hydrogen-bond acceptors (Lipinski definition) is 3. The average Bonchev–Trinajstić information content (AvgIpc) is 2.91. The van der Waals surface area contributed by atoms with E-state index in [1.807, 2.05) is 48.2 Å². The number of hydrogen-bond donors (Lipinski definition) is 0. The minimum absolute atomic E-state index is 0.169. The van der Waals surface area contributed by atoms with Crippen LogP contribution in [0.15, 0.2) is 48.5 Å². The van der Waals surface area contributed by atoms with Gasteiger partial charge in [-0.1, -0.05) is 24.3 Å². The summed E-state index contributed by atoms with van der Waals surface area (Å²) in [5.74, 6) is 0.795. The van der Waals surface area contributed by atoms with Gasteiger partial charge in [-0.3, -0.25) is 9.69 Å². The van der Waals surface area contributed by atoms with Gasteiger partial charge in [-0.05, 0) is 48.7 Å². The van der Waals surface area contributed by atoms with Gasteiger partial charge in [0.1, 0.15) is 11.6 Å². The van der Waals surface area contributed by atoms with E-state index in [0.29, 0.717) is 13.0 Å². The van der Waals surface area contributed by atoms with Crippen molar-refractivity contribution in [3.63, 3.8) is 0 Å². The zero-order valence-corrected chi connectivity index (χ0v) is 15.9. The second-order valence-electron chi connectivity index (χ2n) is 6.89. The number of halogens is 1. The molecule has 0 radical (unpaired) electrons. The molecule has 0 atom stereocenters. The Morgan fingerprint density at radius 2 is 1.67 bits per heavy atom. The molecule has 144 valence electrons. The minimum Gasteiger partial charge on any atom is -0.494 e. The van der Waals surface area contributed by atoms with E-state index < -0.39 is 0 Å². The molecule has 1 saturated heterocycles. The van der Waals surface area contributed by atoms with Gasteiger partial charge in [-0.2, -0.15) is 0 Å². The van der Waals surface area contributed by atoms with Gasteiger partial charge >= 0.3 is 0 Å². The van der Waals surface area contributed by atoms with Crippen LogP contribution in [0.4, 0.5) is 4.39 Å². The Labute approximate surface area is 160 Å². The van der Waals surface area contributed by atoms with Crippen LogP contribution in [0.1, 0.15) is 24.5 Å². The van der Waals surface area contributed by atoms with Gasteiger partial charge in [0.2, 0.25) is 5.91 Å². The summed E-state index contributed by atoms with van der Waals surface area (Å²) in [5.41, 5.74) is 2.11. The van der Waals surface area contributed by atoms with Crippen molar-refractivity contribution in [2.45, 2.75) is 26.3 Å². The van der Waals surface area contributed by atoms with Gasteiger partial charge < -0.3 is 9.64 Å². The van der Waals surface area contributed by atoms with Crippen molar-refractivity contribution >= 4 is 5.91 Å². The molecule has 0 bridgehead atoms. The fraction of sp³-hybridized carbons (Fsp3) is 0.409. The molecule has 1 fully saturated rings. The molecule has 1 amide bonds. The monoisotopic (exact) mass is 370 g/mol. The molecule has 4 nitrogen and oxygen atoms in total. The third-order valence-corrected chi connectivity index (χ3v) is 4.85. The van der Waals surface area contributed by atoms with Crippen LogP contribution in [0.25, 0.3) is 0 Å². The number of carbonyl (C=O) groups is 1. The first kappa shape index (κ1) is 19.4. The minimum atomic E-state index is -0.208. The Morgan fingerprint density at radius 1 is 0.963 bits per heavy atom. The van der Waals surface area contributed by atoms with E-state index in [1.165, 1.54) is 12.1 Å². The maximum atomic E-state index is 13.0. The summed E-state index contributed by atoms with van der Waals surface area (Å²) in [6.07, 6.45) is 1.38. The van der Waals surface area contributed by atoms with Crippen molar-refractivity contribution in [3.05, 3.63) is 65.5 Å². The quantitative estimate of drug-likeness (QED) is 0.780. The smallest absolute Gasteiger partial charge is 0.227 e. The molecule has 0 saturated carbocycles. The van der Waals surface area contributed by atoms with Gasteiger partial charge in [-0.25, -0.2) is 4.39 Å². The number of benzene rings is 2. The lowest BCUT2D eigenvalue weighted by atomic mass is 10.1. The van der Waals surface area contributed by atoms with Crippen molar-refractivity contribution in [2.75, 3.05) is 32.8 Å². The molecule has 0 unspecified atom stereocenters. The number of nitrogens with zero attached hydrogens (tertiary/aromatic N) is 2. The highest BCUT2D eigenvalue weighted by molar-refractivity contribution is 5.78. The van der Waals surface area contributed by atoms with Crippen LogP contribution in [0.3, 0.4) is 0 Å². The van der Waals surface area contributed by atoms with Crippen LogP contribution >= 0.6 is 0 Å². The summed E-state index contributed by atoms with van der Waals surface area (Å²) in [6.45, 7) is 6.70. The second kappa shape index (κ2) is 9.51. The Balaban J connectivity index is 1.50. The predicted octanol–water partition coefficient (Wildman–Crippen LogP) is 3.50. The van der Waals surface area contributed by atoms with E-state index >= 15 is 0 Å². The lowest BCUT2D eigenvalue weighted by Gasteiger charge is -2.22. The van der Waals surface area contributed by atoms with Crippen molar-refractivity contribution < 1.29 is 13.9 Å². The Kier molecular flexibility index (Phi) is 6.82. The molecule has 0 aliphatic carbocycles. The lowest BCUT2D eigenvalue weighted by molar-refractivity contribution is -0.130. The maximum Gasteiger partial charge on any atom is 0.227 e. The van der Waals surface area contributed by atoms with Crippen molar-refractivity contribution in [2.24, 2.45) is 0 Å². The standard InChI is InChI=1S/C22H27FN2O2/c1-2-27-21-10-6-18(7-11-21)16-22(26)25-13-3-12-24(14-15-25)17-19-4-8-20(23)9-5-19/h4-11H,2-3,12-17H2,1H3. The highest BCUT2D eigenvalue weighted by atomic mass is 19.1. The molecule has 0 aromatic heterocycles. The first-order valence-electron chi connectivity index (χ1n) is 9.60. The molecule has 5 heteroatoms. The average molecular weight is 370 g/mol. The SMILES string of the molecule is CCOc1ccc(CC(=O)N2CCCN(Cc3ccc(F)cc3)CC2)cc1. The largest absolute Gasteiger partial charge is 0.494 e. The van der Waals surface area contributed by atoms with Gasteiger partial charge in [0.15, 0.2) is 0 Å². The third-order valence-electron chi connectivity index (χ3n) is 4.85. The first-order chi connectivity index (χ1) is 13.1. The highest BCUT2D eigenvalue weighted by Crippen LogP contribution is 2.15. The molecule has 3 rings (SSSR count). The van der Waals surface area contributed by atoms with E-state index in [1.54, 1.807) is 0 Å². The fourth-order valence-electron chi connectivity index (χ4n) is 3.38. The predicted molar refractivity (Wildman–Crippen MR) is 104 cm³/mol. The van der Waals surface area contributed by atoms with E-state index in [-0.39, 0.29) is 11.7 Å². The van der Waals surface area contributed by atoms with Gasteiger partial charge in [-0.15, -0.1) is 0 Å². The molecular weight excluding hydrogens is 343 g/mol. The molecule has 2 aromatic rings. The lowest BCUT2D eigenvalue weighted by Crippen LogP contribution is -2.36. The molecule has 0 spiro atoms. The summed E-state index contributed by atoms with van der Waals surface area (Å²) in [5, 5.41) is 0. The van der Waals surface area contributed by atoms with Crippen LogP contribution in [0.5, 0.6) is 5.75 Å². The molecular formula is C22H27FN2O2. The molecule has 2 aromatic carbocycles. The summed E-state index contributed by atoms with van der Waals surface area (Å²) in [7, 11) is 0. The van der Waals surface area contributed by atoms with Crippen LogP contribution in [-0.2, 0) is 17.8 Å². The van der Waals surface area contributed by atoms with E-state index in [2.05, 4.69) is 4.90 Å². The van der Waals surface area contributed by atoms with Crippen molar-refractivity contribution in [1.29, 1.82) is 0 Å². The number of carbonyl (C=O) groups excluding carboxylic acids is 1. The zero-order valence-electron chi connectivity index (χ0n) is 15.9. The fourth-order valence-corrected chi connectivity index (χ4v) is 3.38. The van der Waals surface area contributed by atoms with Crippen LogP contribution in [0.2, 0.25) is 0 Å². The molecule has 1 heterocycles. The second-order valence-corrected chi connectivity index (χ2v) is 6.89. The van der Waals surface area contributed by atoms with E-state index in [9.17, 15) is 9.18 Å². The zero-order chi connectivity index (χ0) is 19.1.